The lowest BCUT2D eigenvalue weighted by atomic mass is 9.66. The number of nitrogens with zero attached hydrogens (tertiary/aromatic N) is 1. The Kier molecular flexibility index (Phi) is 8.57. The first kappa shape index (κ1) is 39.4. The van der Waals surface area contributed by atoms with Gasteiger partial charge in [-0.2, -0.15) is 0 Å². The van der Waals surface area contributed by atoms with E-state index in [9.17, 15) is 0 Å². The van der Waals surface area contributed by atoms with Gasteiger partial charge in [-0.3, -0.25) is 0 Å². The standard InChI is InChI=1S/C64H53N/c1-61(2,3)42-32-34-44(35-33-42)63(43-20-9-7-10-21-43)54-28-16-13-24-48(54)51-38-36-46(40-58(51)63)65(45-22-11-8-12-23-45)47-37-39-52-49-25-14-17-29-55(49)64(59(52)41-47)56-30-18-15-26-50(56)53-27-19-31-57(60(53)64)62(4,5)6/h7-41H,1-6H3. The van der Waals surface area contributed by atoms with Crippen LogP contribution in [0.15, 0.2) is 212 Å². The second kappa shape index (κ2) is 14.1. The molecule has 1 spiro atoms. The van der Waals surface area contributed by atoms with Gasteiger partial charge in [0.1, 0.15) is 0 Å². The maximum atomic E-state index is 2.53. The lowest BCUT2D eigenvalue weighted by Crippen LogP contribution is -2.30. The van der Waals surface area contributed by atoms with Crippen LogP contribution in [0.1, 0.15) is 97.2 Å². The lowest BCUT2D eigenvalue weighted by molar-refractivity contribution is 0.574. The molecular formula is C64H53N. The molecular weight excluding hydrogens is 783 g/mol. The van der Waals surface area contributed by atoms with Gasteiger partial charge in [-0.15, -0.1) is 0 Å². The number of benzene rings is 9. The van der Waals surface area contributed by atoms with Crippen LogP contribution in [0.5, 0.6) is 0 Å². The Labute approximate surface area is 384 Å². The summed E-state index contributed by atoms with van der Waals surface area (Å²) in [4.78, 5) is 2.50. The van der Waals surface area contributed by atoms with Crippen molar-refractivity contribution in [1.82, 2.24) is 0 Å². The minimum Gasteiger partial charge on any atom is -0.310 e. The molecule has 0 saturated heterocycles. The summed E-state index contributed by atoms with van der Waals surface area (Å²) in [5.74, 6) is 0. The number of hydrogen-bond acceptors (Lipinski definition) is 1. The van der Waals surface area contributed by atoms with Gasteiger partial charge in [-0.25, -0.2) is 0 Å². The van der Waals surface area contributed by atoms with Crippen LogP contribution < -0.4 is 4.90 Å². The van der Waals surface area contributed by atoms with Gasteiger partial charge in [0.2, 0.25) is 0 Å². The molecule has 2 atom stereocenters. The van der Waals surface area contributed by atoms with Crippen molar-refractivity contribution in [3.63, 3.8) is 0 Å². The Morgan fingerprint density at radius 1 is 0.308 bits per heavy atom. The van der Waals surface area contributed by atoms with E-state index < -0.39 is 10.8 Å². The van der Waals surface area contributed by atoms with Crippen molar-refractivity contribution in [2.24, 2.45) is 0 Å². The second-order valence-electron chi connectivity index (χ2n) is 20.4. The first-order valence-electron chi connectivity index (χ1n) is 23.3. The minimum absolute atomic E-state index is 0.0417. The number of para-hydroxylation sites is 1. The van der Waals surface area contributed by atoms with Gasteiger partial charge < -0.3 is 4.90 Å². The Hall–Kier alpha value is -7.22. The van der Waals surface area contributed by atoms with E-state index in [1.165, 1.54) is 89.0 Å². The van der Waals surface area contributed by atoms with Gasteiger partial charge in [0, 0.05) is 17.1 Å². The van der Waals surface area contributed by atoms with Crippen molar-refractivity contribution in [2.75, 3.05) is 4.90 Å². The van der Waals surface area contributed by atoms with Crippen molar-refractivity contribution in [3.8, 4) is 33.4 Å². The topological polar surface area (TPSA) is 3.24 Å². The summed E-state index contributed by atoms with van der Waals surface area (Å²) in [6.07, 6.45) is 0. The van der Waals surface area contributed by atoms with E-state index in [-0.39, 0.29) is 10.8 Å². The summed E-state index contributed by atoms with van der Waals surface area (Å²) in [6.45, 7) is 14.0. The van der Waals surface area contributed by atoms with Gasteiger partial charge in [0.25, 0.3) is 0 Å². The van der Waals surface area contributed by atoms with Gasteiger partial charge >= 0.3 is 0 Å². The van der Waals surface area contributed by atoms with Crippen LogP contribution >= 0.6 is 0 Å². The van der Waals surface area contributed by atoms with E-state index in [4.69, 9.17) is 0 Å². The second-order valence-corrected chi connectivity index (χ2v) is 20.4. The van der Waals surface area contributed by atoms with E-state index in [1.807, 2.05) is 0 Å². The van der Waals surface area contributed by atoms with Crippen LogP contribution in [-0.4, -0.2) is 0 Å². The maximum absolute atomic E-state index is 2.53. The highest BCUT2D eigenvalue weighted by Crippen LogP contribution is 2.65. The molecule has 0 N–H and O–H groups in total. The Bertz CT molecular complexity index is 3310. The molecule has 9 aromatic rings. The molecule has 3 aliphatic carbocycles. The SMILES string of the molecule is CC(C)(C)c1ccc(C2(c3ccccc3)c3ccccc3-c3ccc(N(c4ccccc4)c4ccc5c(c4)C4(c6ccccc6-5)c5ccccc5-c5cccc(C(C)(C)C)c54)cc32)cc1. The molecule has 3 aliphatic rings. The Morgan fingerprint density at radius 2 is 0.738 bits per heavy atom. The van der Waals surface area contributed by atoms with Gasteiger partial charge in [-0.1, -0.05) is 217 Å². The summed E-state index contributed by atoms with van der Waals surface area (Å²) in [6, 6.07) is 80.6. The molecule has 2 unspecified atom stereocenters. The summed E-state index contributed by atoms with van der Waals surface area (Å²) in [7, 11) is 0. The smallest absolute Gasteiger partial charge is 0.0729 e. The molecule has 314 valence electrons. The third-order valence-corrected chi connectivity index (χ3v) is 14.8. The molecule has 1 heteroatoms. The van der Waals surface area contributed by atoms with E-state index in [0.29, 0.717) is 0 Å². The van der Waals surface area contributed by atoms with Crippen LogP contribution in [0.2, 0.25) is 0 Å². The summed E-state index contributed by atoms with van der Waals surface area (Å²) in [5, 5.41) is 0. The highest BCUT2D eigenvalue weighted by atomic mass is 15.1. The zero-order valence-corrected chi connectivity index (χ0v) is 38.2. The van der Waals surface area contributed by atoms with Crippen LogP contribution in [0.25, 0.3) is 33.4 Å². The molecule has 0 heterocycles. The van der Waals surface area contributed by atoms with Crippen LogP contribution in [0.3, 0.4) is 0 Å². The average Bonchev–Trinajstić information content (AvgIpc) is 3.91. The number of hydrogen-bond donors (Lipinski definition) is 0. The molecule has 0 amide bonds. The fourth-order valence-corrected chi connectivity index (χ4v) is 12.1. The minimum atomic E-state index is -0.535. The molecule has 9 aromatic carbocycles. The predicted octanol–water partition coefficient (Wildman–Crippen LogP) is 16.5. The van der Waals surface area contributed by atoms with Gasteiger partial charge in [0.15, 0.2) is 0 Å². The van der Waals surface area contributed by atoms with E-state index >= 15 is 0 Å². The van der Waals surface area contributed by atoms with Crippen LogP contribution in [0.4, 0.5) is 17.1 Å². The van der Waals surface area contributed by atoms with Crippen molar-refractivity contribution >= 4 is 17.1 Å². The van der Waals surface area contributed by atoms with Crippen molar-refractivity contribution in [3.05, 3.63) is 268 Å². The van der Waals surface area contributed by atoms with E-state index in [1.54, 1.807) is 0 Å². The number of anilines is 3. The van der Waals surface area contributed by atoms with Gasteiger partial charge in [0.05, 0.1) is 10.8 Å². The quantitative estimate of drug-likeness (QED) is 0.167. The molecule has 12 rings (SSSR count). The fraction of sp³-hybridized carbons (Fsp3) is 0.156. The van der Waals surface area contributed by atoms with E-state index in [2.05, 4.69) is 259 Å². The summed E-state index contributed by atoms with van der Waals surface area (Å²) >= 11 is 0. The molecule has 1 nitrogen and oxygen atoms in total. The predicted molar refractivity (Wildman–Crippen MR) is 272 cm³/mol. The van der Waals surface area contributed by atoms with Crippen molar-refractivity contribution < 1.29 is 0 Å². The zero-order chi connectivity index (χ0) is 44.3. The summed E-state index contributed by atoms with van der Waals surface area (Å²) in [5.41, 5.74) is 23.5. The molecule has 0 saturated carbocycles. The molecule has 65 heavy (non-hydrogen) atoms. The maximum Gasteiger partial charge on any atom is 0.0729 e. The van der Waals surface area contributed by atoms with Gasteiger partial charge in [-0.05, 0) is 136 Å². The van der Waals surface area contributed by atoms with Crippen LogP contribution in [-0.2, 0) is 21.7 Å². The number of rotatable bonds is 5. The molecule has 0 fully saturated rings. The highest BCUT2D eigenvalue weighted by molar-refractivity contribution is 5.97. The number of fused-ring (bicyclic) bond motifs is 13. The first-order chi connectivity index (χ1) is 31.5. The molecule has 0 bridgehead atoms. The highest BCUT2D eigenvalue weighted by Gasteiger charge is 2.54. The third kappa shape index (κ3) is 5.51. The van der Waals surface area contributed by atoms with Crippen molar-refractivity contribution in [2.45, 2.75) is 63.2 Å². The fourth-order valence-electron chi connectivity index (χ4n) is 12.1. The first-order valence-corrected chi connectivity index (χ1v) is 23.3. The molecule has 0 radical (unpaired) electrons. The normalized spacial score (nSPS) is 17.5. The third-order valence-electron chi connectivity index (χ3n) is 14.8. The average molecular weight is 836 g/mol. The van der Waals surface area contributed by atoms with Crippen molar-refractivity contribution in [1.29, 1.82) is 0 Å². The Balaban J connectivity index is 1.13. The van der Waals surface area contributed by atoms with E-state index in [0.717, 1.165) is 17.1 Å². The largest absolute Gasteiger partial charge is 0.310 e. The van der Waals surface area contributed by atoms with Crippen LogP contribution in [0, 0.1) is 0 Å². The summed E-state index contributed by atoms with van der Waals surface area (Å²) < 4.78 is 0. The lowest BCUT2D eigenvalue weighted by Gasteiger charge is -2.36. The molecule has 0 aliphatic heterocycles. The zero-order valence-electron chi connectivity index (χ0n) is 38.2. The monoisotopic (exact) mass is 835 g/mol. The Morgan fingerprint density at radius 3 is 1.28 bits per heavy atom. The molecule has 0 aromatic heterocycles.